The van der Waals surface area contributed by atoms with Crippen molar-refractivity contribution in [2.45, 2.75) is 18.2 Å². The normalized spacial score (nSPS) is 14.7. The van der Waals surface area contributed by atoms with Crippen LogP contribution in [0.2, 0.25) is 0 Å². The molecule has 3 amide bonds. The Morgan fingerprint density at radius 1 is 1.16 bits per heavy atom. The number of carbonyl (C=O) groups is 3. The lowest BCUT2D eigenvalue weighted by atomic mass is 10.1. The molecule has 0 unspecified atom stereocenters. The van der Waals surface area contributed by atoms with Crippen molar-refractivity contribution in [3.8, 4) is 5.75 Å². The van der Waals surface area contributed by atoms with Crippen molar-refractivity contribution in [3.05, 3.63) is 60.4 Å². The number of carbonyl (C=O) groups excluding carboxylic acids is 3. The summed E-state index contributed by atoms with van der Waals surface area (Å²) < 4.78 is 7.35. The number of amides is 3. The molecule has 0 spiro atoms. The largest absolute Gasteiger partial charge is 0.479 e. The molecule has 0 saturated carbocycles. The first-order valence-corrected chi connectivity index (χ1v) is 10.8. The topological polar surface area (TPSA) is 114 Å². The Morgan fingerprint density at radius 2 is 1.91 bits per heavy atom. The number of nitrogens with zero attached hydrogens (tertiary/aromatic N) is 2. The predicted octanol–water partition coefficient (Wildman–Crippen LogP) is 3.12. The third-order valence-electron chi connectivity index (χ3n) is 4.71. The summed E-state index contributed by atoms with van der Waals surface area (Å²) in [6.07, 6.45) is 2.94. The molecule has 0 bridgehead atoms. The van der Waals surface area contributed by atoms with E-state index in [2.05, 4.69) is 20.9 Å². The van der Waals surface area contributed by atoms with Gasteiger partial charge in [0, 0.05) is 36.4 Å². The van der Waals surface area contributed by atoms with Gasteiger partial charge in [-0.1, -0.05) is 11.8 Å². The number of fused-ring (bicyclic) bond motifs is 1. The number of hydrogen-bond acceptors (Lipinski definition) is 6. The maximum atomic E-state index is 12.6. The molecule has 1 atom stereocenters. The van der Waals surface area contributed by atoms with Gasteiger partial charge in [-0.15, -0.1) is 0 Å². The van der Waals surface area contributed by atoms with Crippen LogP contribution < -0.4 is 20.7 Å². The van der Waals surface area contributed by atoms with Crippen molar-refractivity contribution in [1.82, 2.24) is 9.55 Å². The molecular weight excluding hydrogens is 430 g/mol. The van der Waals surface area contributed by atoms with Crippen LogP contribution in [0.25, 0.3) is 0 Å². The van der Waals surface area contributed by atoms with E-state index in [1.165, 1.54) is 11.8 Å². The number of nitrogens with one attached hydrogen (secondary N) is 3. The van der Waals surface area contributed by atoms with Gasteiger partial charge in [0.2, 0.25) is 5.91 Å². The highest BCUT2D eigenvalue weighted by atomic mass is 32.2. The Kier molecular flexibility index (Phi) is 6.13. The van der Waals surface area contributed by atoms with Crippen molar-refractivity contribution in [3.63, 3.8) is 0 Å². The molecule has 2 aromatic carbocycles. The van der Waals surface area contributed by atoms with E-state index in [9.17, 15) is 14.4 Å². The van der Waals surface area contributed by atoms with Gasteiger partial charge in [0.05, 0.1) is 11.4 Å². The fourth-order valence-electron chi connectivity index (χ4n) is 3.01. The number of rotatable bonds is 6. The summed E-state index contributed by atoms with van der Waals surface area (Å²) in [6.45, 7) is 1.67. The van der Waals surface area contributed by atoms with Gasteiger partial charge in [0.1, 0.15) is 5.75 Å². The molecule has 1 aromatic heterocycles. The fourth-order valence-corrected chi connectivity index (χ4v) is 3.75. The Balaban J connectivity index is 1.33. The second-order valence-corrected chi connectivity index (χ2v) is 8.09. The first kappa shape index (κ1) is 21.4. The molecule has 10 heteroatoms. The molecule has 164 valence electrons. The van der Waals surface area contributed by atoms with E-state index in [0.717, 1.165) is 5.16 Å². The monoisotopic (exact) mass is 451 g/mol. The zero-order valence-corrected chi connectivity index (χ0v) is 18.2. The van der Waals surface area contributed by atoms with Crippen LogP contribution in [0.15, 0.2) is 60.0 Å². The average molecular weight is 452 g/mol. The van der Waals surface area contributed by atoms with Crippen molar-refractivity contribution in [2.75, 3.05) is 21.7 Å². The quantitative estimate of drug-likeness (QED) is 0.496. The third kappa shape index (κ3) is 4.92. The number of benzene rings is 2. The highest BCUT2D eigenvalue weighted by molar-refractivity contribution is 7.99. The van der Waals surface area contributed by atoms with Crippen LogP contribution in [0.5, 0.6) is 5.75 Å². The van der Waals surface area contributed by atoms with Gasteiger partial charge < -0.3 is 25.3 Å². The van der Waals surface area contributed by atoms with Gasteiger partial charge in [-0.2, -0.15) is 0 Å². The predicted molar refractivity (Wildman–Crippen MR) is 122 cm³/mol. The lowest BCUT2D eigenvalue weighted by Crippen LogP contribution is -2.34. The smallest absolute Gasteiger partial charge is 0.265 e. The van der Waals surface area contributed by atoms with Gasteiger partial charge in [-0.05, 0) is 49.4 Å². The summed E-state index contributed by atoms with van der Waals surface area (Å²) in [4.78, 5) is 40.7. The van der Waals surface area contributed by atoms with Gasteiger partial charge in [0.25, 0.3) is 11.8 Å². The number of aromatic nitrogens is 2. The molecule has 2 heterocycles. The molecule has 1 aliphatic heterocycles. The van der Waals surface area contributed by atoms with Crippen LogP contribution in [0.3, 0.4) is 0 Å². The SMILES string of the molecule is C[C@@H]1Oc2ccc(NC(=O)c3ccc(NC(=O)CSc4nccn4C)cc3)cc2NC1=O. The van der Waals surface area contributed by atoms with Crippen molar-refractivity contribution < 1.29 is 19.1 Å². The number of thioether (sulfide) groups is 1. The van der Waals surface area contributed by atoms with E-state index in [1.807, 2.05) is 17.8 Å². The van der Waals surface area contributed by atoms with Crippen molar-refractivity contribution in [2.24, 2.45) is 7.05 Å². The second-order valence-electron chi connectivity index (χ2n) is 7.15. The molecule has 3 N–H and O–H groups in total. The van der Waals surface area contributed by atoms with E-state index < -0.39 is 6.10 Å². The van der Waals surface area contributed by atoms with E-state index in [4.69, 9.17) is 4.74 Å². The molecule has 1 aliphatic rings. The van der Waals surface area contributed by atoms with Crippen LogP contribution >= 0.6 is 11.8 Å². The van der Waals surface area contributed by atoms with Gasteiger partial charge in [0.15, 0.2) is 11.3 Å². The van der Waals surface area contributed by atoms with Crippen LogP contribution in [0.1, 0.15) is 17.3 Å². The highest BCUT2D eigenvalue weighted by Gasteiger charge is 2.23. The Hall–Kier alpha value is -3.79. The van der Waals surface area contributed by atoms with Crippen molar-refractivity contribution in [1.29, 1.82) is 0 Å². The van der Waals surface area contributed by atoms with Gasteiger partial charge >= 0.3 is 0 Å². The molecule has 4 rings (SSSR count). The lowest BCUT2D eigenvalue weighted by molar-refractivity contribution is -0.122. The highest BCUT2D eigenvalue weighted by Crippen LogP contribution is 2.32. The number of aryl methyl sites for hydroxylation is 1. The lowest BCUT2D eigenvalue weighted by Gasteiger charge is -2.23. The standard InChI is InChI=1S/C22H21N5O4S/c1-13-20(29)26-17-11-16(7-8-18(17)31-13)25-21(30)14-3-5-15(6-4-14)24-19(28)12-32-22-23-9-10-27(22)2/h3-11,13H,12H2,1-2H3,(H,24,28)(H,25,30)(H,26,29)/t13-/m0/s1. The van der Waals surface area contributed by atoms with E-state index in [0.29, 0.717) is 28.4 Å². The Bertz CT molecular complexity index is 1180. The number of ether oxygens (including phenoxy) is 1. The molecular formula is C22H21N5O4S. The molecule has 0 radical (unpaired) electrons. The minimum atomic E-state index is -0.560. The molecule has 9 nitrogen and oxygen atoms in total. The maximum absolute atomic E-state index is 12.6. The number of imidazole rings is 1. The number of hydrogen-bond donors (Lipinski definition) is 3. The summed E-state index contributed by atoms with van der Waals surface area (Å²) in [7, 11) is 1.87. The molecule has 0 saturated heterocycles. The minimum Gasteiger partial charge on any atom is -0.479 e. The average Bonchev–Trinajstić information content (AvgIpc) is 3.18. The first-order valence-electron chi connectivity index (χ1n) is 9.82. The first-order chi connectivity index (χ1) is 15.4. The summed E-state index contributed by atoms with van der Waals surface area (Å²) in [5.74, 6) is 0.0606. The van der Waals surface area contributed by atoms with Gasteiger partial charge in [-0.25, -0.2) is 4.98 Å². The van der Waals surface area contributed by atoms with Crippen LogP contribution in [0, 0.1) is 0 Å². The minimum absolute atomic E-state index is 0.164. The second kappa shape index (κ2) is 9.15. The van der Waals surface area contributed by atoms with E-state index in [-0.39, 0.29) is 23.5 Å². The number of anilines is 3. The molecule has 0 fully saturated rings. The fraction of sp³-hybridized carbons (Fsp3) is 0.182. The molecule has 0 aliphatic carbocycles. The molecule has 3 aromatic rings. The third-order valence-corrected chi connectivity index (χ3v) is 5.77. The van der Waals surface area contributed by atoms with E-state index >= 15 is 0 Å². The Labute approximate surface area is 188 Å². The molecule has 32 heavy (non-hydrogen) atoms. The summed E-state index contributed by atoms with van der Waals surface area (Å²) >= 11 is 1.34. The zero-order chi connectivity index (χ0) is 22.7. The summed E-state index contributed by atoms with van der Waals surface area (Å²) in [5.41, 5.74) is 2.05. The summed E-state index contributed by atoms with van der Waals surface area (Å²) in [5, 5.41) is 9.10. The zero-order valence-electron chi connectivity index (χ0n) is 17.4. The van der Waals surface area contributed by atoms with Crippen LogP contribution in [-0.4, -0.2) is 39.1 Å². The van der Waals surface area contributed by atoms with Crippen LogP contribution in [-0.2, 0) is 16.6 Å². The summed E-state index contributed by atoms with van der Waals surface area (Å²) in [6, 6.07) is 11.6. The van der Waals surface area contributed by atoms with Gasteiger partial charge in [-0.3, -0.25) is 14.4 Å². The van der Waals surface area contributed by atoms with E-state index in [1.54, 1.807) is 55.6 Å². The van der Waals surface area contributed by atoms with Crippen LogP contribution in [0.4, 0.5) is 17.1 Å². The van der Waals surface area contributed by atoms with Crippen molar-refractivity contribution >= 4 is 46.5 Å². The Morgan fingerprint density at radius 3 is 2.62 bits per heavy atom. The maximum Gasteiger partial charge on any atom is 0.265 e.